The number of halogens is 4. The lowest BCUT2D eigenvalue weighted by Gasteiger charge is -2.12. The van der Waals surface area contributed by atoms with Gasteiger partial charge in [0.1, 0.15) is 12.4 Å². The largest absolute Gasteiger partial charge is 0.498 e. The summed E-state index contributed by atoms with van der Waals surface area (Å²) in [6, 6.07) is 10.9. The number of benzene rings is 2. The van der Waals surface area contributed by atoms with E-state index in [0.29, 0.717) is 30.9 Å². The first kappa shape index (κ1) is 21.1. The van der Waals surface area contributed by atoms with Gasteiger partial charge in [0.15, 0.2) is 0 Å². The number of ether oxygens (including phenoxy) is 2. The zero-order chi connectivity index (χ0) is 19.9. The summed E-state index contributed by atoms with van der Waals surface area (Å²) in [5.74, 6) is 1.35. The molecular weight excluding hydrogens is 379 g/mol. The molecule has 2 aromatic rings. The van der Waals surface area contributed by atoms with Crippen LogP contribution in [0.3, 0.4) is 0 Å². The van der Waals surface area contributed by atoms with E-state index < -0.39 is 11.7 Å². The lowest BCUT2D eigenvalue weighted by Crippen LogP contribution is -2.07. The maximum atomic E-state index is 12.9. The Morgan fingerprint density at radius 3 is 2.44 bits per heavy atom. The summed E-state index contributed by atoms with van der Waals surface area (Å²) in [6.07, 6.45) is -1.96. The number of hydrogen-bond donors (Lipinski definition) is 1. The summed E-state index contributed by atoms with van der Waals surface area (Å²) in [6.45, 7) is 2.97. The molecule has 7 heteroatoms. The van der Waals surface area contributed by atoms with E-state index in [0.717, 1.165) is 17.4 Å². The van der Waals surface area contributed by atoms with Crippen LogP contribution in [0.5, 0.6) is 5.75 Å². The number of nitrogens with two attached hydrogens (primary N) is 1. The first-order valence-electron chi connectivity index (χ1n) is 8.45. The van der Waals surface area contributed by atoms with Gasteiger partial charge in [-0.3, -0.25) is 0 Å². The van der Waals surface area contributed by atoms with Gasteiger partial charge in [0, 0.05) is 6.42 Å². The molecule has 0 aliphatic carbocycles. The Morgan fingerprint density at radius 1 is 1.15 bits per heavy atom. The fourth-order valence-corrected chi connectivity index (χ4v) is 2.63. The maximum Gasteiger partial charge on any atom is 0.417 e. The minimum absolute atomic E-state index is 0.00675. The molecule has 0 unspecified atom stereocenters. The molecule has 2 N–H and O–H groups in total. The predicted octanol–water partition coefficient (Wildman–Crippen LogP) is 5.66. The molecule has 0 fully saturated rings. The van der Waals surface area contributed by atoms with Gasteiger partial charge in [0.2, 0.25) is 0 Å². The number of rotatable bonds is 8. The van der Waals surface area contributed by atoms with Crippen molar-refractivity contribution < 1.29 is 22.6 Å². The van der Waals surface area contributed by atoms with Gasteiger partial charge in [-0.05, 0) is 54.9 Å². The van der Waals surface area contributed by atoms with E-state index in [1.165, 1.54) is 12.1 Å². The van der Waals surface area contributed by atoms with E-state index in [1.807, 2.05) is 25.1 Å². The molecule has 0 atom stereocenters. The molecule has 2 aromatic carbocycles. The van der Waals surface area contributed by atoms with Crippen molar-refractivity contribution in [3.63, 3.8) is 0 Å². The highest BCUT2D eigenvalue weighted by Crippen LogP contribution is 2.35. The average molecular weight is 400 g/mol. The van der Waals surface area contributed by atoms with Crippen molar-refractivity contribution in [1.82, 2.24) is 0 Å². The van der Waals surface area contributed by atoms with Crippen molar-refractivity contribution in [2.75, 3.05) is 13.2 Å². The quantitative estimate of drug-likeness (QED) is 0.582. The highest BCUT2D eigenvalue weighted by molar-refractivity contribution is 6.31. The molecule has 0 saturated heterocycles. The predicted molar refractivity (Wildman–Crippen MR) is 101 cm³/mol. The third-order valence-electron chi connectivity index (χ3n) is 3.67. The standard InChI is InChI=1S/C20H21ClF3NO2/c1-2-26-17(9-10-25)11-14-3-6-16(7-4-14)27-13-15-5-8-19(21)18(12-15)20(22,23)24/h3-8,11-12H,2,9-10,13,25H2,1H3. The third kappa shape index (κ3) is 6.48. The molecule has 0 saturated carbocycles. The van der Waals surface area contributed by atoms with Gasteiger partial charge < -0.3 is 15.2 Å². The van der Waals surface area contributed by atoms with Crippen LogP contribution in [0.1, 0.15) is 30.0 Å². The Morgan fingerprint density at radius 2 is 1.85 bits per heavy atom. The molecule has 0 heterocycles. The average Bonchev–Trinajstić information content (AvgIpc) is 2.62. The van der Waals surface area contributed by atoms with E-state index in [9.17, 15) is 13.2 Å². The van der Waals surface area contributed by atoms with Crippen LogP contribution < -0.4 is 10.5 Å². The molecule has 3 nitrogen and oxygen atoms in total. The Balaban J connectivity index is 2.04. The normalized spacial score (nSPS) is 12.1. The van der Waals surface area contributed by atoms with Crippen LogP contribution in [0.2, 0.25) is 5.02 Å². The van der Waals surface area contributed by atoms with Crippen molar-refractivity contribution in [1.29, 1.82) is 0 Å². The van der Waals surface area contributed by atoms with E-state index in [2.05, 4.69) is 0 Å². The van der Waals surface area contributed by atoms with Crippen LogP contribution in [0.4, 0.5) is 13.2 Å². The summed E-state index contributed by atoms with van der Waals surface area (Å²) < 4.78 is 49.8. The smallest absolute Gasteiger partial charge is 0.417 e. The van der Waals surface area contributed by atoms with E-state index >= 15 is 0 Å². The maximum absolute atomic E-state index is 12.9. The summed E-state index contributed by atoms with van der Waals surface area (Å²) in [5.41, 5.74) is 6.00. The van der Waals surface area contributed by atoms with Gasteiger partial charge in [-0.25, -0.2) is 0 Å². The second kappa shape index (κ2) is 9.67. The molecular formula is C20H21ClF3NO2. The SMILES string of the molecule is CCOC(=Cc1ccc(OCc2ccc(Cl)c(C(F)(F)F)c2)cc1)CCN. The summed E-state index contributed by atoms with van der Waals surface area (Å²) in [7, 11) is 0. The fraction of sp³-hybridized carbons (Fsp3) is 0.300. The molecule has 2 rings (SSSR count). The molecule has 0 aliphatic rings. The highest BCUT2D eigenvalue weighted by Gasteiger charge is 2.33. The van der Waals surface area contributed by atoms with E-state index in [4.69, 9.17) is 26.8 Å². The molecule has 0 amide bonds. The van der Waals surface area contributed by atoms with Gasteiger partial charge in [-0.15, -0.1) is 0 Å². The lowest BCUT2D eigenvalue weighted by molar-refractivity contribution is -0.137. The molecule has 0 spiro atoms. The lowest BCUT2D eigenvalue weighted by atomic mass is 10.1. The van der Waals surface area contributed by atoms with Crippen molar-refractivity contribution in [3.05, 3.63) is 69.9 Å². The fourth-order valence-electron chi connectivity index (χ4n) is 2.41. The monoisotopic (exact) mass is 399 g/mol. The zero-order valence-electron chi connectivity index (χ0n) is 14.9. The van der Waals surface area contributed by atoms with Crippen LogP contribution in [0.15, 0.2) is 48.2 Å². The first-order valence-corrected chi connectivity index (χ1v) is 8.83. The molecule has 27 heavy (non-hydrogen) atoms. The van der Waals surface area contributed by atoms with Gasteiger partial charge in [-0.1, -0.05) is 29.8 Å². The number of hydrogen-bond acceptors (Lipinski definition) is 3. The second-order valence-electron chi connectivity index (χ2n) is 5.75. The van der Waals surface area contributed by atoms with Gasteiger partial charge >= 0.3 is 6.18 Å². The Bertz CT molecular complexity index is 766. The topological polar surface area (TPSA) is 44.5 Å². The van der Waals surface area contributed by atoms with Crippen molar-refractivity contribution in [2.24, 2.45) is 5.73 Å². The Labute approximate surface area is 161 Å². The van der Waals surface area contributed by atoms with E-state index in [-0.39, 0.29) is 11.6 Å². The minimum Gasteiger partial charge on any atom is -0.498 e. The Hall–Kier alpha value is -2.18. The van der Waals surface area contributed by atoms with Gasteiger partial charge in [-0.2, -0.15) is 13.2 Å². The summed E-state index contributed by atoms with van der Waals surface area (Å²) in [4.78, 5) is 0. The van der Waals surface area contributed by atoms with Crippen LogP contribution in [0.25, 0.3) is 6.08 Å². The molecule has 0 radical (unpaired) electrons. The number of alkyl halides is 3. The van der Waals surface area contributed by atoms with Crippen LogP contribution in [-0.4, -0.2) is 13.2 Å². The Kier molecular flexibility index (Phi) is 7.56. The van der Waals surface area contributed by atoms with Crippen LogP contribution in [0, 0.1) is 0 Å². The van der Waals surface area contributed by atoms with Crippen molar-refractivity contribution in [2.45, 2.75) is 26.1 Å². The third-order valence-corrected chi connectivity index (χ3v) is 4.00. The second-order valence-corrected chi connectivity index (χ2v) is 6.16. The summed E-state index contributed by atoms with van der Waals surface area (Å²) in [5, 5.41) is -0.329. The van der Waals surface area contributed by atoms with Crippen molar-refractivity contribution in [3.8, 4) is 5.75 Å². The van der Waals surface area contributed by atoms with Gasteiger partial charge in [0.05, 0.1) is 23.0 Å². The summed E-state index contributed by atoms with van der Waals surface area (Å²) >= 11 is 5.62. The molecule has 146 valence electrons. The van der Waals surface area contributed by atoms with Crippen LogP contribution in [-0.2, 0) is 17.5 Å². The molecule has 0 bridgehead atoms. The molecule has 0 aromatic heterocycles. The highest BCUT2D eigenvalue weighted by atomic mass is 35.5. The zero-order valence-corrected chi connectivity index (χ0v) is 15.6. The minimum atomic E-state index is -4.50. The van der Waals surface area contributed by atoms with Crippen molar-refractivity contribution >= 4 is 17.7 Å². The van der Waals surface area contributed by atoms with E-state index in [1.54, 1.807) is 12.1 Å². The van der Waals surface area contributed by atoms with Gasteiger partial charge in [0.25, 0.3) is 0 Å². The molecule has 0 aliphatic heterocycles. The van der Waals surface area contributed by atoms with Crippen LogP contribution >= 0.6 is 11.6 Å². The first-order chi connectivity index (χ1) is 12.8.